The average molecular weight is 179 g/mol. The quantitative estimate of drug-likeness (QED) is 0.578. The fourth-order valence-electron chi connectivity index (χ4n) is 1.84. The van der Waals surface area contributed by atoms with Crippen molar-refractivity contribution in [1.29, 1.82) is 0 Å². The molecule has 0 aromatic heterocycles. The number of hydrogen-bond acceptors (Lipinski definition) is 3. The Morgan fingerprint density at radius 3 is 3.31 bits per heavy atom. The molecule has 4 heteroatoms. The number of dihydropyridines is 1. The summed E-state index contributed by atoms with van der Waals surface area (Å²) in [5.41, 5.74) is 6.45. The Morgan fingerprint density at radius 2 is 2.54 bits per heavy atom. The third-order valence-corrected chi connectivity index (χ3v) is 2.65. The molecule has 0 radical (unpaired) electrons. The first-order chi connectivity index (χ1) is 6.27. The van der Waals surface area contributed by atoms with Crippen LogP contribution in [0, 0.1) is 11.8 Å². The minimum absolute atomic E-state index is 0.0320. The lowest BCUT2D eigenvalue weighted by atomic mass is 9.86. The molecule has 2 aliphatic heterocycles. The van der Waals surface area contributed by atoms with Crippen LogP contribution in [0.1, 0.15) is 6.42 Å². The topological polar surface area (TPSA) is 67.5 Å². The lowest BCUT2D eigenvalue weighted by Gasteiger charge is -2.31. The van der Waals surface area contributed by atoms with Crippen LogP contribution in [0.4, 0.5) is 0 Å². The third-order valence-electron chi connectivity index (χ3n) is 2.65. The van der Waals surface area contributed by atoms with Crippen LogP contribution in [0.25, 0.3) is 0 Å². The molecule has 2 unspecified atom stereocenters. The number of carbonyl (C=O) groups is 1. The molecule has 3 N–H and O–H groups in total. The van der Waals surface area contributed by atoms with Crippen molar-refractivity contribution in [3.8, 4) is 0 Å². The number of allylic oxidation sites excluding steroid dienone is 1. The molecule has 2 atom stereocenters. The molecule has 0 aromatic rings. The summed E-state index contributed by atoms with van der Waals surface area (Å²) in [6.45, 7) is 1.45. The number of nitrogens with two attached hydrogens (primary N) is 1. The number of rotatable bonds is 1. The second kappa shape index (κ2) is 3.20. The van der Waals surface area contributed by atoms with Gasteiger partial charge in [0.05, 0.1) is 5.92 Å². The third kappa shape index (κ3) is 1.56. The molecule has 1 fully saturated rings. The summed E-state index contributed by atoms with van der Waals surface area (Å²) >= 11 is 0. The van der Waals surface area contributed by atoms with E-state index in [1.54, 1.807) is 0 Å². The van der Waals surface area contributed by atoms with Crippen LogP contribution in [0.15, 0.2) is 16.8 Å². The highest BCUT2D eigenvalue weighted by Gasteiger charge is 2.29. The van der Waals surface area contributed by atoms with Gasteiger partial charge in [0.15, 0.2) is 0 Å². The van der Waals surface area contributed by atoms with Crippen LogP contribution in [0.5, 0.6) is 0 Å². The van der Waals surface area contributed by atoms with Crippen LogP contribution < -0.4 is 11.1 Å². The van der Waals surface area contributed by atoms with Crippen molar-refractivity contribution in [2.24, 2.45) is 22.6 Å². The minimum atomic E-state index is -0.207. The maximum Gasteiger partial charge on any atom is 0.222 e. The van der Waals surface area contributed by atoms with Gasteiger partial charge in [-0.15, -0.1) is 0 Å². The number of amides is 1. The predicted molar refractivity (Wildman–Crippen MR) is 50.2 cm³/mol. The van der Waals surface area contributed by atoms with Gasteiger partial charge in [-0.3, -0.25) is 9.79 Å². The molecule has 1 saturated heterocycles. The van der Waals surface area contributed by atoms with Gasteiger partial charge >= 0.3 is 0 Å². The van der Waals surface area contributed by atoms with Crippen molar-refractivity contribution in [3.63, 3.8) is 0 Å². The lowest BCUT2D eigenvalue weighted by molar-refractivity contribution is -0.122. The van der Waals surface area contributed by atoms with E-state index in [1.165, 1.54) is 5.70 Å². The molecule has 2 rings (SSSR count). The molecule has 0 spiro atoms. The van der Waals surface area contributed by atoms with Crippen molar-refractivity contribution < 1.29 is 4.79 Å². The lowest BCUT2D eigenvalue weighted by Crippen LogP contribution is -2.42. The van der Waals surface area contributed by atoms with Gasteiger partial charge in [-0.2, -0.15) is 0 Å². The van der Waals surface area contributed by atoms with Crippen LogP contribution in [0.3, 0.4) is 0 Å². The van der Waals surface area contributed by atoms with E-state index < -0.39 is 0 Å². The minimum Gasteiger partial charge on any atom is -0.387 e. The monoisotopic (exact) mass is 179 g/mol. The number of fused-ring (bicyclic) bond motifs is 1. The standard InChI is InChI=1S/C9H13N3O/c10-9(13)7-3-6-4-11-2-1-8(6)12-5-7/h1-2,6-7,12H,3-5H2,(H2,10,13). The molecule has 2 aliphatic rings. The van der Waals surface area contributed by atoms with Gasteiger partial charge in [0.1, 0.15) is 0 Å². The first kappa shape index (κ1) is 8.29. The van der Waals surface area contributed by atoms with Gasteiger partial charge in [0, 0.05) is 30.9 Å². The molecular weight excluding hydrogens is 166 g/mol. The van der Waals surface area contributed by atoms with Crippen LogP contribution in [-0.4, -0.2) is 25.2 Å². The van der Waals surface area contributed by atoms with Gasteiger partial charge in [-0.1, -0.05) is 0 Å². The smallest absolute Gasteiger partial charge is 0.222 e. The fraction of sp³-hybridized carbons (Fsp3) is 0.556. The fourth-order valence-corrected chi connectivity index (χ4v) is 1.84. The van der Waals surface area contributed by atoms with E-state index in [1.807, 2.05) is 12.3 Å². The number of carbonyl (C=O) groups excluding carboxylic acids is 1. The highest BCUT2D eigenvalue weighted by molar-refractivity contribution is 5.78. The second-order valence-electron chi connectivity index (χ2n) is 3.55. The maximum absolute atomic E-state index is 11.0. The SMILES string of the molecule is NC(=O)C1CNC2=CC=NCC2C1. The van der Waals surface area contributed by atoms with Gasteiger partial charge in [0.25, 0.3) is 0 Å². The Morgan fingerprint density at radius 1 is 1.69 bits per heavy atom. The van der Waals surface area contributed by atoms with Crippen molar-refractivity contribution in [1.82, 2.24) is 5.32 Å². The van der Waals surface area contributed by atoms with E-state index in [9.17, 15) is 4.79 Å². The number of aliphatic imine (C=N–C) groups is 1. The number of nitrogens with one attached hydrogen (secondary N) is 1. The Hall–Kier alpha value is -1.32. The zero-order valence-electron chi connectivity index (χ0n) is 7.36. The second-order valence-corrected chi connectivity index (χ2v) is 3.55. The van der Waals surface area contributed by atoms with Crippen LogP contribution >= 0.6 is 0 Å². The van der Waals surface area contributed by atoms with Crippen molar-refractivity contribution in [2.75, 3.05) is 13.1 Å². The van der Waals surface area contributed by atoms with Crippen molar-refractivity contribution in [2.45, 2.75) is 6.42 Å². The van der Waals surface area contributed by atoms with Crippen LogP contribution in [-0.2, 0) is 4.79 Å². The van der Waals surface area contributed by atoms with Gasteiger partial charge in [0.2, 0.25) is 5.91 Å². The number of hydrogen-bond donors (Lipinski definition) is 2. The van der Waals surface area contributed by atoms with Gasteiger partial charge < -0.3 is 11.1 Å². The highest BCUT2D eigenvalue weighted by atomic mass is 16.1. The summed E-state index contributed by atoms with van der Waals surface area (Å²) in [5, 5.41) is 3.22. The van der Waals surface area contributed by atoms with Gasteiger partial charge in [-0.25, -0.2) is 0 Å². The Kier molecular flexibility index (Phi) is 2.04. The van der Waals surface area contributed by atoms with E-state index in [4.69, 9.17) is 5.73 Å². The Balaban J connectivity index is 2.07. The molecule has 2 heterocycles. The highest BCUT2D eigenvalue weighted by Crippen LogP contribution is 2.25. The first-order valence-corrected chi connectivity index (χ1v) is 4.50. The molecule has 70 valence electrons. The molecule has 13 heavy (non-hydrogen) atoms. The molecular formula is C9H13N3O. The summed E-state index contributed by atoms with van der Waals surface area (Å²) in [6.07, 6.45) is 4.63. The van der Waals surface area contributed by atoms with Crippen molar-refractivity contribution in [3.05, 3.63) is 11.8 Å². The molecule has 0 bridgehead atoms. The summed E-state index contributed by atoms with van der Waals surface area (Å²) in [4.78, 5) is 15.1. The van der Waals surface area contributed by atoms with E-state index in [0.29, 0.717) is 12.5 Å². The summed E-state index contributed by atoms with van der Waals surface area (Å²) in [6, 6.07) is 0. The summed E-state index contributed by atoms with van der Waals surface area (Å²) in [7, 11) is 0. The van der Waals surface area contributed by atoms with E-state index in [0.717, 1.165) is 13.0 Å². The Labute approximate surface area is 76.9 Å². The maximum atomic E-state index is 11.0. The average Bonchev–Trinajstić information content (AvgIpc) is 2.17. The van der Waals surface area contributed by atoms with E-state index in [-0.39, 0.29) is 11.8 Å². The van der Waals surface area contributed by atoms with Crippen LogP contribution in [0.2, 0.25) is 0 Å². The summed E-state index contributed by atoms with van der Waals surface area (Å²) < 4.78 is 0. The Bertz CT molecular complexity index is 283. The van der Waals surface area contributed by atoms with E-state index in [2.05, 4.69) is 10.3 Å². The largest absolute Gasteiger partial charge is 0.387 e. The number of primary amides is 1. The molecule has 0 aliphatic carbocycles. The first-order valence-electron chi connectivity index (χ1n) is 4.50. The zero-order valence-corrected chi connectivity index (χ0v) is 7.36. The van der Waals surface area contributed by atoms with Crippen molar-refractivity contribution >= 4 is 12.1 Å². The number of piperidine rings is 1. The normalized spacial score (nSPS) is 31.5. The predicted octanol–water partition coefficient (Wildman–Crippen LogP) is -0.334. The van der Waals surface area contributed by atoms with E-state index >= 15 is 0 Å². The molecule has 4 nitrogen and oxygen atoms in total. The zero-order chi connectivity index (χ0) is 9.26. The molecule has 0 saturated carbocycles. The molecule has 1 amide bonds. The van der Waals surface area contributed by atoms with Gasteiger partial charge in [-0.05, 0) is 12.5 Å². The molecule has 0 aromatic carbocycles. The summed E-state index contributed by atoms with van der Waals surface area (Å²) in [5.74, 6) is 0.132. The number of nitrogens with zero attached hydrogens (tertiary/aromatic N) is 1.